The van der Waals surface area contributed by atoms with E-state index in [4.69, 9.17) is 24.9 Å². The Hall–Kier alpha value is -7.11. The summed E-state index contributed by atoms with van der Waals surface area (Å²) in [6.45, 7) is 0. The molecule has 0 aliphatic carbocycles. The van der Waals surface area contributed by atoms with Gasteiger partial charge < -0.3 is 0 Å². The van der Waals surface area contributed by atoms with Gasteiger partial charge in [-0.05, 0) is 16.8 Å². The van der Waals surface area contributed by atoms with Crippen LogP contribution in [0.3, 0.4) is 0 Å². The van der Waals surface area contributed by atoms with Crippen molar-refractivity contribution in [2.75, 3.05) is 0 Å². The number of benzene rings is 7. The minimum Gasteiger partial charge on any atom is -0.243 e. The number of nitrogens with zero attached hydrogens (tertiary/aromatic N) is 5. The fourth-order valence-electron chi connectivity index (χ4n) is 6.64. The molecule has 52 heavy (non-hydrogen) atoms. The van der Waals surface area contributed by atoms with Gasteiger partial charge in [-0.3, -0.25) is 0 Å². The quantitative estimate of drug-likeness (QED) is 0.169. The second-order valence-corrected chi connectivity index (χ2v) is 12.5. The van der Waals surface area contributed by atoms with Crippen LogP contribution in [0.4, 0.5) is 0 Å². The standard InChI is InChI=1S/C47H31N5/c1-6-18-32(19-7-1)41-42(33-20-8-2-9-21-33)49-44(43(48-41)34-22-10-3-11-23-34)39-30-31-40(38-29-17-16-28-37(38)39)47-51-45(35-24-12-4-13-25-35)50-46(52-47)36-26-14-5-15-27-36/h1-31H. The zero-order valence-electron chi connectivity index (χ0n) is 28.1. The van der Waals surface area contributed by atoms with Gasteiger partial charge in [0.1, 0.15) is 0 Å². The number of rotatable bonds is 7. The largest absolute Gasteiger partial charge is 0.243 e. The third-order valence-electron chi connectivity index (χ3n) is 9.16. The Bertz CT molecular complexity index is 2590. The van der Waals surface area contributed by atoms with E-state index in [1.807, 2.05) is 115 Å². The molecule has 5 heteroatoms. The second-order valence-electron chi connectivity index (χ2n) is 12.5. The fraction of sp³-hybridized carbons (Fsp3) is 0. The highest BCUT2D eigenvalue weighted by atomic mass is 15.0. The minimum absolute atomic E-state index is 0.606. The first-order valence-electron chi connectivity index (χ1n) is 17.3. The van der Waals surface area contributed by atoms with Gasteiger partial charge in [0.2, 0.25) is 0 Å². The molecule has 0 fully saturated rings. The smallest absolute Gasteiger partial charge is 0.164 e. The third kappa shape index (κ3) is 5.91. The van der Waals surface area contributed by atoms with Crippen molar-refractivity contribution in [1.29, 1.82) is 0 Å². The van der Waals surface area contributed by atoms with E-state index in [1.54, 1.807) is 0 Å². The van der Waals surface area contributed by atoms with E-state index in [0.717, 1.165) is 72.5 Å². The van der Waals surface area contributed by atoms with E-state index in [1.165, 1.54) is 0 Å². The van der Waals surface area contributed by atoms with E-state index in [9.17, 15) is 0 Å². The van der Waals surface area contributed by atoms with Crippen LogP contribution >= 0.6 is 0 Å². The molecule has 9 aromatic rings. The van der Waals surface area contributed by atoms with Gasteiger partial charge in [0.25, 0.3) is 0 Å². The van der Waals surface area contributed by atoms with Crippen LogP contribution in [0, 0.1) is 0 Å². The summed E-state index contributed by atoms with van der Waals surface area (Å²) in [5.74, 6) is 1.85. The van der Waals surface area contributed by atoms with Crippen LogP contribution in [0.15, 0.2) is 188 Å². The topological polar surface area (TPSA) is 64.5 Å². The molecule has 0 bridgehead atoms. The van der Waals surface area contributed by atoms with Crippen molar-refractivity contribution in [2.24, 2.45) is 0 Å². The molecule has 0 radical (unpaired) electrons. The maximum Gasteiger partial charge on any atom is 0.164 e. The SMILES string of the molecule is c1ccc(-c2nc(-c3ccccc3)nc(-c3ccc(-c4nc(-c5ccccc5)c(-c5ccccc5)nc4-c4ccccc4)c4ccccc34)n2)cc1. The van der Waals surface area contributed by atoms with Crippen LogP contribution in [0.2, 0.25) is 0 Å². The Labute approximate surface area is 302 Å². The first-order valence-corrected chi connectivity index (χ1v) is 17.3. The van der Waals surface area contributed by atoms with Gasteiger partial charge in [-0.25, -0.2) is 24.9 Å². The molecule has 0 saturated heterocycles. The molecule has 5 nitrogen and oxygen atoms in total. The molecular weight excluding hydrogens is 635 g/mol. The number of fused-ring (bicyclic) bond motifs is 1. The van der Waals surface area contributed by atoms with Gasteiger partial charge in [0.05, 0.1) is 22.8 Å². The average molecular weight is 666 g/mol. The summed E-state index contributed by atoms with van der Waals surface area (Å²) < 4.78 is 0. The summed E-state index contributed by atoms with van der Waals surface area (Å²) in [6.07, 6.45) is 0. The van der Waals surface area contributed by atoms with E-state index in [0.29, 0.717) is 17.5 Å². The average Bonchev–Trinajstić information content (AvgIpc) is 3.24. The number of hydrogen-bond donors (Lipinski definition) is 0. The van der Waals surface area contributed by atoms with Crippen molar-refractivity contribution >= 4 is 10.8 Å². The Morgan fingerprint density at radius 1 is 0.212 bits per heavy atom. The molecule has 244 valence electrons. The van der Waals surface area contributed by atoms with Crippen molar-refractivity contribution in [2.45, 2.75) is 0 Å². The van der Waals surface area contributed by atoms with Crippen molar-refractivity contribution < 1.29 is 0 Å². The molecule has 0 aliphatic heterocycles. The maximum absolute atomic E-state index is 5.52. The van der Waals surface area contributed by atoms with Gasteiger partial charge in [-0.15, -0.1) is 0 Å². The fourth-order valence-corrected chi connectivity index (χ4v) is 6.64. The molecule has 0 atom stereocenters. The van der Waals surface area contributed by atoms with Crippen LogP contribution in [-0.2, 0) is 0 Å². The predicted molar refractivity (Wildman–Crippen MR) is 211 cm³/mol. The molecule has 2 aromatic heterocycles. The van der Waals surface area contributed by atoms with Crippen molar-refractivity contribution in [3.05, 3.63) is 188 Å². The summed E-state index contributed by atoms with van der Waals surface area (Å²) in [7, 11) is 0. The summed E-state index contributed by atoms with van der Waals surface area (Å²) in [4.78, 5) is 26.0. The van der Waals surface area contributed by atoms with E-state index in [2.05, 4.69) is 72.8 Å². The zero-order valence-corrected chi connectivity index (χ0v) is 28.1. The number of aromatic nitrogens is 5. The van der Waals surface area contributed by atoms with E-state index < -0.39 is 0 Å². The lowest BCUT2D eigenvalue weighted by molar-refractivity contribution is 1.08. The first kappa shape index (κ1) is 30.9. The zero-order chi connectivity index (χ0) is 34.7. The Morgan fingerprint density at radius 2 is 0.519 bits per heavy atom. The van der Waals surface area contributed by atoms with Crippen LogP contribution in [0.1, 0.15) is 0 Å². The highest BCUT2D eigenvalue weighted by Gasteiger charge is 2.22. The summed E-state index contributed by atoms with van der Waals surface area (Å²) in [5.41, 5.74) is 10.0. The molecule has 7 aromatic carbocycles. The number of hydrogen-bond acceptors (Lipinski definition) is 5. The summed E-state index contributed by atoms with van der Waals surface area (Å²) in [5, 5.41) is 2.04. The molecule has 9 rings (SSSR count). The second kappa shape index (κ2) is 13.7. The third-order valence-corrected chi connectivity index (χ3v) is 9.16. The predicted octanol–water partition coefficient (Wildman–Crippen LogP) is 11.5. The monoisotopic (exact) mass is 665 g/mol. The van der Waals surface area contributed by atoms with Gasteiger partial charge >= 0.3 is 0 Å². The highest BCUT2D eigenvalue weighted by molar-refractivity contribution is 6.05. The van der Waals surface area contributed by atoms with Crippen LogP contribution in [-0.4, -0.2) is 24.9 Å². The normalized spacial score (nSPS) is 11.1. The minimum atomic E-state index is 0.606. The molecule has 0 amide bonds. The lowest BCUT2D eigenvalue weighted by Crippen LogP contribution is -2.02. The van der Waals surface area contributed by atoms with Gasteiger partial charge in [0.15, 0.2) is 17.5 Å². The molecule has 2 heterocycles. The Kier molecular flexibility index (Phi) is 8.12. The van der Waals surface area contributed by atoms with E-state index >= 15 is 0 Å². The van der Waals surface area contributed by atoms with Crippen LogP contribution in [0.25, 0.3) is 90.0 Å². The molecule has 0 spiro atoms. The van der Waals surface area contributed by atoms with Crippen LogP contribution in [0.5, 0.6) is 0 Å². The maximum atomic E-state index is 5.52. The Morgan fingerprint density at radius 3 is 0.962 bits per heavy atom. The summed E-state index contributed by atoms with van der Waals surface area (Å²) >= 11 is 0. The van der Waals surface area contributed by atoms with Gasteiger partial charge in [-0.1, -0.05) is 182 Å². The molecule has 0 saturated carbocycles. The van der Waals surface area contributed by atoms with Crippen molar-refractivity contribution in [3.63, 3.8) is 0 Å². The highest BCUT2D eigenvalue weighted by Crippen LogP contribution is 2.41. The molecule has 0 N–H and O–H groups in total. The van der Waals surface area contributed by atoms with Crippen molar-refractivity contribution in [1.82, 2.24) is 24.9 Å². The summed E-state index contributed by atoms with van der Waals surface area (Å²) in [6, 6.07) is 63.7. The van der Waals surface area contributed by atoms with Gasteiger partial charge in [0, 0.05) is 38.9 Å². The molecular formula is C47H31N5. The van der Waals surface area contributed by atoms with E-state index in [-0.39, 0.29) is 0 Å². The Balaban J connectivity index is 1.30. The first-order chi connectivity index (χ1) is 25.8. The van der Waals surface area contributed by atoms with Gasteiger partial charge in [-0.2, -0.15) is 0 Å². The van der Waals surface area contributed by atoms with Crippen molar-refractivity contribution in [3.8, 4) is 79.2 Å². The molecule has 0 unspecified atom stereocenters. The molecule has 0 aliphatic rings. The lowest BCUT2D eigenvalue weighted by atomic mass is 9.94. The van der Waals surface area contributed by atoms with Crippen LogP contribution < -0.4 is 0 Å². The lowest BCUT2D eigenvalue weighted by Gasteiger charge is -2.18.